The van der Waals surface area contributed by atoms with Crippen LogP contribution in [0.25, 0.3) is 0 Å². The van der Waals surface area contributed by atoms with Crippen LogP contribution < -0.4 is 5.32 Å². The second-order valence-electron chi connectivity index (χ2n) is 10.3. The molecule has 1 saturated heterocycles. The maximum absolute atomic E-state index is 13.0. The first-order valence-corrected chi connectivity index (χ1v) is 11.1. The first kappa shape index (κ1) is 19.2. The number of carbonyl (C=O) groups is 2. The number of rotatable bonds is 6. The minimum absolute atomic E-state index is 0.0749. The molecule has 152 valence electrons. The van der Waals surface area contributed by atoms with Crippen LogP contribution in [0.3, 0.4) is 0 Å². The van der Waals surface area contributed by atoms with Crippen molar-refractivity contribution in [1.82, 2.24) is 10.2 Å². The Morgan fingerprint density at radius 3 is 2.11 bits per heavy atom. The van der Waals surface area contributed by atoms with E-state index in [1.165, 1.54) is 38.5 Å². The lowest BCUT2D eigenvalue weighted by Gasteiger charge is -2.56. The molecule has 1 heterocycles. The van der Waals surface area contributed by atoms with Crippen LogP contribution in [0, 0.1) is 29.1 Å². The van der Waals surface area contributed by atoms with Crippen molar-refractivity contribution in [3.05, 3.63) is 0 Å². The summed E-state index contributed by atoms with van der Waals surface area (Å²) in [5.41, 5.74) is 0.225. The summed E-state index contributed by atoms with van der Waals surface area (Å²) in [5.74, 6) is 3.11. The first-order valence-electron chi connectivity index (χ1n) is 11.1. The lowest BCUT2D eigenvalue weighted by molar-refractivity contribution is -0.142. The van der Waals surface area contributed by atoms with E-state index >= 15 is 0 Å². The average molecular weight is 377 g/mol. The van der Waals surface area contributed by atoms with Gasteiger partial charge in [-0.25, -0.2) is 0 Å². The van der Waals surface area contributed by atoms with Crippen LogP contribution in [0.1, 0.15) is 65.2 Å². The smallest absolute Gasteiger partial charge is 0.245 e. The molecule has 5 rings (SSSR count). The van der Waals surface area contributed by atoms with Crippen LogP contribution in [0.5, 0.6) is 0 Å². The van der Waals surface area contributed by atoms with Gasteiger partial charge in [0.1, 0.15) is 6.04 Å². The molecule has 0 aromatic carbocycles. The molecule has 5 heteroatoms. The standard InChI is InChI=1S/C22H36N2O3/c1-15(2)7-19(21(26)24-3-5-27-6-4-24)23-20(25)14-22-11-16-8-17(12-22)10-18(9-16)13-22/h15-19H,3-14H2,1-2H3,(H,23,25)/t16?,17?,18?,19-,22?/m1/s1. The van der Waals surface area contributed by atoms with E-state index in [2.05, 4.69) is 19.2 Å². The Balaban J connectivity index is 1.38. The third-order valence-electron chi connectivity index (χ3n) is 7.36. The Bertz CT molecular complexity index is 533. The summed E-state index contributed by atoms with van der Waals surface area (Å²) >= 11 is 0. The van der Waals surface area contributed by atoms with Gasteiger partial charge in [-0.3, -0.25) is 9.59 Å². The molecule has 4 saturated carbocycles. The van der Waals surface area contributed by atoms with Crippen molar-refractivity contribution in [2.24, 2.45) is 29.1 Å². The molecule has 0 aromatic heterocycles. The third kappa shape index (κ3) is 4.33. The van der Waals surface area contributed by atoms with Gasteiger partial charge in [-0.15, -0.1) is 0 Å². The van der Waals surface area contributed by atoms with Gasteiger partial charge in [-0.1, -0.05) is 13.8 Å². The van der Waals surface area contributed by atoms with Crippen LogP contribution >= 0.6 is 0 Å². The second-order valence-corrected chi connectivity index (χ2v) is 10.3. The van der Waals surface area contributed by atoms with Crippen LogP contribution in [-0.4, -0.2) is 49.1 Å². The molecule has 4 aliphatic carbocycles. The topological polar surface area (TPSA) is 58.6 Å². The molecule has 1 N–H and O–H groups in total. The fourth-order valence-corrected chi connectivity index (χ4v) is 6.79. The Morgan fingerprint density at radius 2 is 1.59 bits per heavy atom. The Morgan fingerprint density at radius 1 is 1.04 bits per heavy atom. The van der Waals surface area contributed by atoms with Gasteiger partial charge in [0.05, 0.1) is 13.2 Å². The number of amides is 2. The quantitative estimate of drug-likeness (QED) is 0.775. The van der Waals surface area contributed by atoms with E-state index < -0.39 is 0 Å². The SMILES string of the molecule is CC(C)C[C@@H](NC(=O)CC12CC3CC(CC(C3)C1)C2)C(=O)N1CCOCC1. The number of ether oxygens (including phenoxy) is 1. The molecule has 4 bridgehead atoms. The van der Waals surface area contributed by atoms with Gasteiger partial charge in [-0.05, 0) is 74.0 Å². The van der Waals surface area contributed by atoms with Crippen molar-refractivity contribution in [2.75, 3.05) is 26.3 Å². The molecule has 1 atom stereocenters. The zero-order valence-corrected chi connectivity index (χ0v) is 17.0. The number of nitrogens with zero attached hydrogens (tertiary/aromatic N) is 1. The van der Waals surface area contributed by atoms with Gasteiger partial charge in [0, 0.05) is 19.5 Å². The minimum atomic E-state index is -0.385. The number of hydrogen-bond acceptors (Lipinski definition) is 3. The van der Waals surface area contributed by atoms with Crippen molar-refractivity contribution in [3.8, 4) is 0 Å². The summed E-state index contributed by atoms with van der Waals surface area (Å²) in [6, 6.07) is -0.385. The maximum Gasteiger partial charge on any atom is 0.245 e. The maximum atomic E-state index is 13.0. The van der Waals surface area contributed by atoms with Crippen molar-refractivity contribution < 1.29 is 14.3 Å². The number of hydrogen-bond donors (Lipinski definition) is 1. The molecule has 27 heavy (non-hydrogen) atoms. The van der Waals surface area contributed by atoms with E-state index in [1.807, 2.05) is 4.90 Å². The van der Waals surface area contributed by atoms with Crippen molar-refractivity contribution in [1.29, 1.82) is 0 Å². The minimum Gasteiger partial charge on any atom is -0.378 e. The summed E-state index contributed by atoms with van der Waals surface area (Å²) in [4.78, 5) is 27.9. The number of carbonyl (C=O) groups excluding carboxylic acids is 2. The molecule has 0 spiro atoms. The van der Waals surface area contributed by atoms with Crippen molar-refractivity contribution in [2.45, 2.75) is 71.3 Å². The molecular formula is C22H36N2O3. The highest BCUT2D eigenvalue weighted by Crippen LogP contribution is 2.61. The molecule has 0 radical (unpaired) electrons. The van der Waals surface area contributed by atoms with Gasteiger partial charge in [0.15, 0.2) is 0 Å². The number of morpholine rings is 1. The largest absolute Gasteiger partial charge is 0.378 e. The molecule has 5 fully saturated rings. The summed E-state index contributed by atoms with van der Waals surface area (Å²) in [6.45, 7) is 6.70. The van der Waals surface area contributed by atoms with Crippen molar-refractivity contribution in [3.63, 3.8) is 0 Å². The van der Waals surface area contributed by atoms with Gasteiger partial charge in [0.2, 0.25) is 11.8 Å². The Kier molecular flexibility index (Phi) is 5.50. The van der Waals surface area contributed by atoms with Gasteiger partial charge in [-0.2, -0.15) is 0 Å². The highest BCUT2D eigenvalue weighted by molar-refractivity contribution is 5.88. The Labute approximate surface area is 163 Å². The zero-order valence-electron chi connectivity index (χ0n) is 17.0. The van der Waals surface area contributed by atoms with E-state index in [9.17, 15) is 9.59 Å². The monoisotopic (exact) mass is 376 g/mol. The highest BCUT2D eigenvalue weighted by Gasteiger charge is 2.51. The van der Waals surface area contributed by atoms with E-state index in [1.54, 1.807) is 0 Å². The summed E-state index contributed by atoms with van der Waals surface area (Å²) in [6.07, 6.45) is 9.23. The molecule has 1 aliphatic heterocycles. The molecule has 5 nitrogen and oxygen atoms in total. The molecule has 0 aromatic rings. The van der Waals surface area contributed by atoms with E-state index in [-0.39, 0.29) is 23.3 Å². The summed E-state index contributed by atoms with van der Waals surface area (Å²) < 4.78 is 5.37. The summed E-state index contributed by atoms with van der Waals surface area (Å²) in [7, 11) is 0. The van der Waals surface area contributed by atoms with Crippen molar-refractivity contribution >= 4 is 11.8 Å². The van der Waals surface area contributed by atoms with Gasteiger partial charge < -0.3 is 15.0 Å². The van der Waals surface area contributed by atoms with Crippen LogP contribution in [0.4, 0.5) is 0 Å². The molecular weight excluding hydrogens is 340 g/mol. The second kappa shape index (κ2) is 7.73. The first-order chi connectivity index (χ1) is 12.9. The summed E-state index contributed by atoms with van der Waals surface area (Å²) in [5, 5.41) is 3.15. The predicted octanol–water partition coefficient (Wildman–Crippen LogP) is 2.98. The van der Waals surface area contributed by atoms with Crippen LogP contribution in [-0.2, 0) is 14.3 Å². The average Bonchev–Trinajstić information content (AvgIpc) is 2.59. The lowest BCUT2D eigenvalue weighted by Crippen LogP contribution is -2.53. The van der Waals surface area contributed by atoms with E-state index in [0.717, 1.165) is 17.8 Å². The lowest BCUT2D eigenvalue weighted by atomic mass is 9.49. The molecule has 0 unspecified atom stereocenters. The third-order valence-corrected chi connectivity index (χ3v) is 7.36. The predicted molar refractivity (Wildman–Crippen MR) is 104 cm³/mol. The van der Waals surface area contributed by atoms with Crippen LogP contribution in [0.2, 0.25) is 0 Å². The Hall–Kier alpha value is -1.10. The molecule has 5 aliphatic rings. The molecule has 2 amide bonds. The highest BCUT2D eigenvalue weighted by atomic mass is 16.5. The van der Waals surface area contributed by atoms with Gasteiger partial charge >= 0.3 is 0 Å². The van der Waals surface area contributed by atoms with Gasteiger partial charge in [0.25, 0.3) is 0 Å². The van der Waals surface area contributed by atoms with E-state index in [0.29, 0.717) is 45.1 Å². The van der Waals surface area contributed by atoms with E-state index in [4.69, 9.17) is 4.74 Å². The number of nitrogens with one attached hydrogen (secondary N) is 1. The van der Waals surface area contributed by atoms with Crippen LogP contribution in [0.15, 0.2) is 0 Å². The zero-order chi connectivity index (χ0) is 19.0. The normalized spacial score (nSPS) is 36.1. The fourth-order valence-electron chi connectivity index (χ4n) is 6.79. The fraction of sp³-hybridized carbons (Fsp3) is 0.909.